The molecule has 0 spiro atoms. The molecular formula is C87H168BN10O26. The van der Waals surface area contributed by atoms with E-state index >= 15 is 0 Å². The van der Waals surface area contributed by atoms with Gasteiger partial charge in [-0.1, -0.05) is 41.5 Å². The average molecular weight is 1780 g/mol. The van der Waals surface area contributed by atoms with Gasteiger partial charge in [0.05, 0.1) is 104 Å². The summed E-state index contributed by atoms with van der Waals surface area (Å²) in [5, 5.41) is 64.7. The van der Waals surface area contributed by atoms with Crippen molar-refractivity contribution in [1.82, 2.24) is 49.8 Å². The maximum Gasteiger partial charge on any atom is 0.411 e. The van der Waals surface area contributed by atoms with Gasteiger partial charge in [0, 0.05) is 94.2 Å². The molecule has 8 N–H and O–H groups in total. The molecule has 36 nitrogen and oxygen atoms in total. The molecule has 9 aliphatic rings. The Morgan fingerprint density at radius 3 is 0.879 bits per heavy atom. The van der Waals surface area contributed by atoms with Gasteiger partial charge in [-0.05, 0) is 222 Å². The van der Waals surface area contributed by atoms with E-state index in [1.54, 1.807) is 107 Å². The molecule has 3 radical (unpaired) electrons. The number of ketones is 1. The summed E-state index contributed by atoms with van der Waals surface area (Å²) in [6.45, 7) is 67.7. The maximum atomic E-state index is 12.0. The third-order valence-corrected chi connectivity index (χ3v) is 18.5. The lowest BCUT2D eigenvalue weighted by molar-refractivity contribution is -0.158. The Morgan fingerprint density at radius 1 is 0.403 bits per heavy atom. The van der Waals surface area contributed by atoms with Crippen LogP contribution in [0, 0.1) is 0 Å². The van der Waals surface area contributed by atoms with Gasteiger partial charge in [0.2, 0.25) is 5.91 Å². The molecule has 0 bridgehead atoms. The second-order valence-corrected chi connectivity index (χ2v) is 36.6. The van der Waals surface area contributed by atoms with Crippen LogP contribution in [-0.2, 0) is 71.3 Å². The summed E-state index contributed by atoms with van der Waals surface area (Å²) in [4.78, 5) is 125. The minimum absolute atomic E-state index is 0. The Morgan fingerprint density at radius 2 is 0.677 bits per heavy atom. The third kappa shape index (κ3) is 58.8. The van der Waals surface area contributed by atoms with Crippen LogP contribution < -0.4 is 10.6 Å². The average Bonchev–Trinajstić information content (AvgIpc) is 1.07. The van der Waals surface area contributed by atoms with Gasteiger partial charge in [-0.2, -0.15) is 0 Å². The van der Waals surface area contributed by atoms with Gasteiger partial charge in [0.25, 0.3) is 0 Å². The molecule has 9 saturated heterocycles. The van der Waals surface area contributed by atoms with Gasteiger partial charge in [-0.25, -0.2) is 24.0 Å². The van der Waals surface area contributed by atoms with E-state index in [4.69, 9.17) is 47.7 Å². The molecule has 0 unspecified atom stereocenters. The molecule has 0 aliphatic carbocycles. The second-order valence-electron chi connectivity index (χ2n) is 36.6. The molecule has 0 saturated carbocycles. The van der Waals surface area contributed by atoms with Gasteiger partial charge in [0.1, 0.15) is 50.4 Å². The van der Waals surface area contributed by atoms with E-state index in [1.165, 1.54) is 65.0 Å². The molecule has 0 aromatic carbocycles. The zero-order valence-electron chi connectivity index (χ0n) is 81.0. The fourth-order valence-corrected chi connectivity index (χ4v) is 11.9. The number of carboxylic acids is 1. The maximum absolute atomic E-state index is 12.0. The predicted molar refractivity (Wildman–Crippen MR) is 475 cm³/mol. The number of aliphatic carboxylic acids is 1. The summed E-state index contributed by atoms with van der Waals surface area (Å²) in [7, 11) is 0. The third-order valence-electron chi connectivity index (χ3n) is 18.5. The summed E-state index contributed by atoms with van der Waals surface area (Å²) >= 11 is 0. The second kappa shape index (κ2) is 60.3. The summed E-state index contributed by atoms with van der Waals surface area (Å²) in [5.41, 5.74) is -7.39. The van der Waals surface area contributed by atoms with E-state index < -0.39 is 92.3 Å². The van der Waals surface area contributed by atoms with Gasteiger partial charge >= 0.3 is 48.4 Å². The molecule has 0 aromatic rings. The van der Waals surface area contributed by atoms with Crippen molar-refractivity contribution in [3.63, 3.8) is 0 Å². The van der Waals surface area contributed by atoms with E-state index in [0.717, 1.165) is 112 Å². The van der Waals surface area contributed by atoms with Crippen molar-refractivity contribution in [2.24, 2.45) is 0 Å². The summed E-state index contributed by atoms with van der Waals surface area (Å²) in [6, 6.07) is 0. The SMILES string of the molecule is C1CCOC1.C1CCOC1.C1CCOC1.CC(C)(C)OC(=O)N1CC(=O)C1.CC(C)(C)OC(=O)N1CC(O)(CC(=O)O)C1.CCN(CC)C(=O)CC1(O)CN(C(=O)OC(C)(C)C)C1.CCN(CC)CCC1(O)CN(C(=O)OC(C)(C)C)C1.CCN(CC)CCC1(O)CNC1.CCNCC.CCOC(=O)CC1(O)CN(C(=O)OC(C)(C)C)C1.CCOC(C)=O.[B]. The van der Waals surface area contributed by atoms with Crippen molar-refractivity contribution in [3.8, 4) is 0 Å². The number of aliphatic hydroxyl groups is 5. The number of carboxylic acid groups (broad SMARTS) is 1. The van der Waals surface area contributed by atoms with Crippen LogP contribution >= 0.6 is 0 Å². The Balaban J connectivity index is -0.00000134. The minimum Gasteiger partial charge on any atom is -0.481 e. The van der Waals surface area contributed by atoms with Crippen LogP contribution in [0.25, 0.3) is 0 Å². The topological polar surface area (TPSA) is 434 Å². The minimum atomic E-state index is -1.30. The number of nitrogens with one attached hydrogen (secondary N) is 2. The Hall–Kier alpha value is -6.52. The lowest BCUT2D eigenvalue weighted by Gasteiger charge is -2.47. The quantitative estimate of drug-likeness (QED) is 0.0286. The molecule has 124 heavy (non-hydrogen) atoms. The van der Waals surface area contributed by atoms with E-state index in [1.807, 2.05) is 34.6 Å². The van der Waals surface area contributed by atoms with Crippen molar-refractivity contribution in [3.05, 3.63) is 0 Å². The highest BCUT2D eigenvalue weighted by Crippen LogP contribution is 2.31. The zero-order chi connectivity index (χ0) is 94.9. The number of hydrogen-bond acceptors (Lipinski definition) is 29. The number of amides is 6. The highest BCUT2D eigenvalue weighted by atomic mass is 16.6. The normalized spacial score (nSPS) is 18.0. The highest BCUT2D eigenvalue weighted by molar-refractivity contribution is 5.94. The molecule has 9 fully saturated rings. The monoisotopic (exact) mass is 1780 g/mol. The number of Topliss-reactive ketones (excluding diaryl/α,β-unsaturated/α-hetero) is 1. The van der Waals surface area contributed by atoms with E-state index in [9.17, 15) is 73.5 Å². The Bertz CT molecular complexity index is 2940. The first kappa shape index (κ1) is 122. The Labute approximate surface area is 744 Å². The standard InChI is InChI=1S/C14H26N2O4.C14H28N2O3.C12H21NO5.C10H17NO5.C9H20N2O.C8H13NO3.C4H11N.C4H8O2.3C4H8O.B/c1-6-15(7-2)11(17)8-14(19)9-16(10-14)12(18)20-13(3,4)5;1-6-15(7-2)9-8-14(18)10-16(11-14)12(17)19-13(3,4)5;1-5-17-9(14)6-12(16)7-13(8-12)10(15)18-11(2,3)4;1-9(2,3)16-8(14)11-5-10(15,6-11)4-7(12)13;1-3-11(4-2)6-5-9(12)7-10-8-9;1-8(2,3)12-7(11)9-4-6(10)5-9;1-3-5-4-2;1-3-6-4(2)5;3*1-2-4-5-3-1;/h19H,6-10H2,1-5H3;18H,6-11H2,1-5H3;16H,5-8H2,1-4H3;15H,4-6H2,1-3H3,(H,12,13);10,12H,3-8H2,1-2H3;4-5H2,1-3H3;5H,3-4H2,1-2H3;3H2,1-2H3;3*1-4H2;. The van der Waals surface area contributed by atoms with Crippen molar-refractivity contribution in [2.45, 2.75) is 307 Å². The van der Waals surface area contributed by atoms with Crippen LogP contribution in [0.3, 0.4) is 0 Å². The molecule has 0 aromatic heterocycles. The molecule has 6 amide bonds. The van der Waals surface area contributed by atoms with Crippen LogP contribution in [-0.4, -0.2) is 391 Å². The molecule has 725 valence electrons. The van der Waals surface area contributed by atoms with Crippen molar-refractivity contribution in [1.29, 1.82) is 0 Å². The first-order chi connectivity index (χ1) is 56.8. The van der Waals surface area contributed by atoms with Crippen LogP contribution in [0.2, 0.25) is 0 Å². The van der Waals surface area contributed by atoms with E-state index in [-0.39, 0.29) is 110 Å². The molecule has 9 heterocycles. The lowest BCUT2D eigenvalue weighted by Crippen LogP contribution is -2.65. The number of carbonyl (C=O) groups excluding carboxylic acids is 9. The number of hydrogen-bond donors (Lipinski definition) is 8. The number of β-amino-alcohol motifs (C(OH)–C–C–N with tert-alkyl or cyclic N) is 5. The first-order valence-corrected chi connectivity index (χ1v) is 44.2. The molecule has 9 aliphatic heterocycles. The van der Waals surface area contributed by atoms with Gasteiger partial charge in [0.15, 0.2) is 5.78 Å². The van der Waals surface area contributed by atoms with Gasteiger partial charge in [-0.3, -0.25) is 28.9 Å². The lowest BCUT2D eigenvalue weighted by atomic mass is 9.90. The fourth-order valence-electron chi connectivity index (χ4n) is 11.9. The van der Waals surface area contributed by atoms with E-state index in [2.05, 4.69) is 66.7 Å². The number of ether oxygens (including phenoxy) is 10. The van der Waals surface area contributed by atoms with Crippen molar-refractivity contribution in [2.75, 3.05) is 197 Å². The summed E-state index contributed by atoms with van der Waals surface area (Å²) in [5.74, 6) is -1.74. The number of nitrogens with zero attached hydrogens (tertiary/aromatic N) is 8. The van der Waals surface area contributed by atoms with Crippen LogP contribution in [0.15, 0.2) is 0 Å². The van der Waals surface area contributed by atoms with Gasteiger partial charge in [-0.15, -0.1) is 0 Å². The fraction of sp³-hybridized carbons (Fsp3) is 0.885. The Kier molecular flexibility index (Phi) is 59.2. The smallest absolute Gasteiger partial charge is 0.411 e. The van der Waals surface area contributed by atoms with Crippen LogP contribution in [0.4, 0.5) is 24.0 Å². The largest absolute Gasteiger partial charge is 0.481 e. The summed E-state index contributed by atoms with van der Waals surface area (Å²) in [6.07, 6.45) is 6.69. The highest BCUT2D eigenvalue weighted by Gasteiger charge is 2.50. The van der Waals surface area contributed by atoms with Crippen LogP contribution in [0.1, 0.15) is 251 Å². The molecular weight excluding hydrogens is 1610 g/mol. The van der Waals surface area contributed by atoms with Crippen molar-refractivity contribution < 1.29 is 126 Å². The first-order valence-electron chi connectivity index (χ1n) is 44.2. The number of rotatable bonds is 22. The zero-order valence-corrected chi connectivity index (χ0v) is 81.0. The molecule has 37 heteroatoms. The van der Waals surface area contributed by atoms with Gasteiger partial charge < -0.3 is 123 Å². The van der Waals surface area contributed by atoms with Crippen LogP contribution in [0.5, 0.6) is 0 Å². The molecule has 9 rings (SSSR count). The predicted octanol–water partition coefficient (Wildman–Crippen LogP) is 8.34. The number of carbonyl (C=O) groups is 10. The van der Waals surface area contributed by atoms with E-state index in [0.29, 0.717) is 39.2 Å². The van der Waals surface area contributed by atoms with Crippen molar-refractivity contribution >= 4 is 68.5 Å². The number of esters is 2. The molecule has 0 atom stereocenters. The summed E-state index contributed by atoms with van der Waals surface area (Å²) < 4.78 is 49.7. The number of likely N-dealkylation sites (tertiary alicyclic amines) is 5.